The molecule has 1 heterocycles. The van der Waals surface area contributed by atoms with Gasteiger partial charge in [0, 0.05) is 32.7 Å². The largest absolute Gasteiger partial charge is 0.497 e. The highest BCUT2D eigenvalue weighted by Crippen LogP contribution is 2.34. The Kier molecular flexibility index (Phi) is 5.45. The number of sulfonamides is 1. The summed E-state index contributed by atoms with van der Waals surface area (Å²) in [6.45, 7) is -0.0171. The summed E-state index contributed by atoms with van der Waals surface area (Å²) >= 11 is 0. The Morgan fingerprint density at radius 2 is 2.12 bits per heavy atom. The van der Waals surface area contributed by atoms with Crippen LogP contribution in [0.25, 0.3) is 0 Å². The first-order valence-electron chi connectivity index (χ1n) is 7.40. The molecule has 1 aliphatic rings. The van der Waals surface area contributed by atoms with Gasteiger partial charge in [-0.2, -0.15) is 0 Å². The second kappa shape index (κ2) is 7.18. The molecule has 0 radical (unpaired) electrons. The molecule has 0 aromatic heterocycles. The molecule has 0 spiro atoms. The van der Waals surface area contributed by atoms with Crippen LogP contribution < -0.4 is 15.4 Å². The topological polar surface area (TPSA) is 105 Å². The predicted octanol–water partition coefficient (Wildman–Crippen LogP) is 0.129. The normalized spacial score (nSPS) is 17.2. The molecular formula is C15H21N3O5S. The zero-order valence-corrected chi connectivity index (χ0v) is 14.6. The fraction of sp³-hybridized carbons (Fsp3) is 0.467. The third kappa shape index (κ3) is 4.04. The van der Waals surface area contributed by atoms with Gasteiger partial charge in [-0.05, 0) is 23.8 Å². The van der Waals surface area contributed by atoms with Gasteiger partial charge in [0.05, 0.1) is 18.8 Å². The van der Waals surface area contributed by atoms with Gasteiger partial charge in [0.25, 0.3) is 0 Å². The van der Waals surface area contributed by atoms with Gasteiger partial charge in [0.15, 0.2) is 0 Å². The molecule has 24 heavy (non-hydrogen) atoms. The van der Waals surface area contributed by atoms with E-state index in [4.69, 9.17) is 4.74 Å². The fourth-order valence-electron chi connectivity index (χ4n) is 2.41. The Morgan fingerprint density at radius 3 is 2.75 bits per heavy atom. The van der Waals surface area contributed by atoms with Crippen molar-refractivity contribution in [2.45, 2.75) is 12.3 Å². The number of anilines is 1. The molecule has 0 fully saturated rings. The van der Waals surface area contributed by atoms with Crippen molar-refractivity contribution < 1.29 is 22.7 Å². The highest BCUT2D eigenvalue weighted by molar-refractivity contribution is 7.89. The molecule has 0 saturated carbocycles. The summed E-state index contributed by atoms with van der Waals surface area (Å²) in [4.78, 5) is 24.2. The number of carbonyl (C=O) groups is 2. The van der Waals surface area contributed by atoms with E-state index in [-0.39, 0.29) is 30.5 Å². The van der Waals surface area contributed by atoms with Gasteiger partial charge in [-0.1, -0.05) is 0 Å². The smallest absolute Gasteiger partial charge is 0.228 e. The van der Waals surface area contributed by atoms with Crippen LogP contribution in [-0.4, -0.2) is 58.0 Å². The van der Waals surface area contributed by atoms with E-state index in [1.807, 2.05) is 0 Å². The van der Waals surface area contributed by atoms with E-state index in [2.05, 4.69) is 10.6 Å². The first kappa shape index (κ1) is 18.2. The second-order valence-corrected chi connectivity index (χ2v) is 7.95. The number of hydrogen-bond donors (Lipinski definition) is 2. The van der Waals surface area contributed by atoms with Crippen LogP contribution in [0.2, 0.25) is 0 Å². The average Bonchev–Trinajstić information content (AvgIpc) is 2.53. The summed E-state index contributed by atoms with van der Waals surface area (Å²) < 4.78 is 29.7. The van der Waals surface area contributed by atoms with Crippen molar-refractivity contribution in [3.05, 3.63) is 23.8 Å². The van der Waals surface area contributed by atoms with Crippen molar-refractivity contribution >= 4 is 27.5 Å². The Labute approximate surface area is 141 Å². The third-order valence-electron chi connectivity index (χ3n) is 3.83. The minimum atomic E-state index is -3.39. The number of nitrogens with one attached hydrogen (secondary N) is 2. The minimum Gasteiger partial charge on any atom is -0.497 e. The second-order valence-electron chi connectivity index (χ2n) is 5.65. The lowest BCUT2D eigenvalue weighted by Gasteiger charge is -2.25. The molecule has 2 amide bonds. The zero-order valence-electron chi connectivity index (χ0n) is 13.8. The van der Waals surface area contributed by atoms with Crippen molar-refractivity contribution in [1.29, 1.82) is 0 Å². The van der Waals surface area contributed by atoms with Crippen LogP contribution in [0.4, 0.5) is 5.69 Å². The van der Waals surface area contributed by atoms with Crippen LogP contribution in [0.5, 0.6) is 5.75 Å². The highest BCUT2D eigenvalue weighted by atomic mass is 32.2. The van der Waals surface area contributed by atoms with Crippen LogP contribution >= 0.6 is 0 Å². The molecule has 9 heteroatoms. The van der Waals surface area contributed by atoms with Crippen LogP contribution in [0.3, 0.4) is 0 Å². The maximum absolute atomic E-state index is 12.4. The number of nitrogens with zero attached hydrogens (tertiary/aromatic N) is 1. The van der Waals surface area contributed by atoms with Crippen molar-refractivity contribution in [3.8, 4) is 5.75 Å². The minimum absolute atomic E-state index is 0.00638. The monoisotopic (exact) mass is 355 g/mol. The van der Waals surface area contributed by atoms with Gasteiger partial charge in [-0.15, -0.1) is 0 Å². The average molecular weight is 355 g/mol. The number of amides is 2. The maximum Gasteiger partial charge on any atom is 0.228 e. The van der Waals surface area contributed by atoms with E-state index in [0.29, 0.717) is 17.0 Å². The summed E-state index contributed by atoms with van der Waals surface area (Å²) in [6, 6.07) is 5.08. The Morgan fingerprint density at radius 1 is 1.42 bits per heavy atom. The summed E-state index contributed by atoms with van der Waals surface area (Å²) in [5, 5.41) is 5.31. The SMILES string of the molecule is COc1ccc2c(c1)[C@@H](C(=O)NCCS(=O)(=O)N(C)C)CC(=O)N2. The van der Waals surface area contributed by atoms with Crippen molar-refractivity contribution in [2.75, 3.05) is 38.8 Å². The number of benzene rings is 1. The summed E-state index contributed by atoms with van der Waals surface area (Å²) in [5.74, 6) is -0.929. The van der Waals surface area contributed by atoms with E-state index in [1.54, 1.807) is 18.2 Å². The lowest BCUT2D eigenvalue weighted by atomic mass is 9.89. The van der Waals surface area contributed by atoms with E-state index in [9.17, 15) is 18.0 Å². The van der Waals surface area contributed by atoms with Crippen molar-refractivity contribution in [2.24, 2.45) is 0 Å². The first-order valence-corrected chi connectivity index (χ1v) is 9.01. The number of hydrogen-bond acceptors (Lipinski definition) is 5. The Hall–Kier alpha value is -2.13. The van der Waals surface area contributed by atoms with E-state index < -0.39 is 15.9 Å². The third-order valence-corrected chi connectivity index (χ3v) is 5.66. The lowest BCUT2D eigenvalue weighted by Crippen LogP contribution is -2.38. The number of ether oxygens (including phenoxy) is 1. The van der Waals surface area contributed by atoms with Gasteiger partial charge in [-0.25, -0.2) is 12.7 Å². The fourth-order valence-corrected chi connectivity index (χ4v) is 3.13. The Bertz CT molecular complexity index is 745. The number of methoxy groups -OCH3 is 1. The van der Waals surface area contributed by atoms with E-state index >= 15 is 0 Å². The molecule has 8 nitrogen and oxygen atoms in total. The Balaban J connectivity index is 2.11. The molecule has 2 rings (SSSR count). The zero-order chi connectivity index (χ0) is 17.9. The van der Waals surface area contributed by atoms with Gasteiger partial charge in [-0.3, -0.25) is 9.59 Å². The van der Waals surface area contributed by atoms with Gasteiger partial charge in [0.1, 0.15) is 5.75 Å². The predicted molar refractivity (Wildman–Crippen MR) is 89.5 cm³/mol. The van der Waals surface area contributed by atoms with Crippen LogP contribution in [0, 0.1) is 0 Å². The molecule has 1 atom stereocenters. The lowest BCUT2D eigenvalue weighted by molar-refractivity contribution is -0.126. The summed E-state index contributed by atoms with van der Waals surface area (Å²) in [6.07, 6.45) is 0.00638. The number of rotatable bonds is 6. The van der Waals surface area contributed by atoms with E-state index in [1.165, 1.54) is 21.2 Å². The molecule has 0 aliphatic carbocycles. The summed E-state index contributed by atoms with van der Waals surface area (Å²) in [5.41, 5.74) is 1.22. The molecule has 2 N–H and O–H groups in total. The molecule has 0 saturated heterocycles. The van der Waals surface area contributed by atoms with E-state index in [0.717, 1.165) is 4.31 Å². The molecule has 1 aromatic carbocycles. The van der Waals surface area contributed by atoms with Crippen LogP contribution in [-0.2, 0) is 19.6 Å². The first-order chi connectivity index (χ1) is 11.2. The highest BCUT2D eigenvalue weighted by Gasteiger charge is 2.31. The van der Waals surface area contributed by atoms with Gasteiger partial charge < -0.3 is 15.4 Å². The molecular weight excluding hydrogens is 334 g/mol. The van der Waals surface area contributed by atoms with Crippen molar-refractivity contribution in [1.82, 2.24) is 9.62 Å². The molecule has 132 valence electrons. The van der Waals surface area contributed by atoms with Crippen LogP contribution in [0.15, 0.2) is 18.2 Å². The molecule has 0 unspecified atom stereocenters. The number of fused-ring (bicyclic) bond motifs is 1. The quantitative estimate of drug-likeness (QED) is 0.755. The van der Waals surface area contributed by atoms with Gasteiger partial charge in [0.2, 0.25) is 21.8 Å². The molecule has 1 aliphatic heterocycles. The molecule has 0 bridgehead atoms. The van der Waals surface area contributed by atoms with Gasteiger partial charge >= 0.3 is 0 Å². The summed E-state index contributed by atoms with van der Waals surface area (Å²) in [7, 11) is 1.00. The molecule has 1 aromatic rings. The van der Waals surface area contributed by atoms with Crippen molar-refractivity contribution in [3.63, 3.8) is 0 Å². The van der Waals surface area contributed by atoms with Crippen LogP contribution in [0.1, 0.15) is 17.9 Å². The number of carbonyl (C=O) groups excluding carboxylic acids is 2. The maximum atomic E-state index is 12.4. The standard InChI is InChI=1S/C15H21N3O5S/c1-18(2)24(21,22)7-6-16-15(20)12-9-14(19)17-13-5-4-10(23-3)8-11(12)13/h4-5,8,12H,6-7,9H2,1-3H3,(H,16,20)(H,17,19)/t12-/m0/s1.